The number of rotatable bonds is 2. The second-order valence-corrected chi connectivity index (χ2v) is 3.00. The maximum atomic E-state index is 9.37. The molecule has 1 rings (SSSR count). The summed E-state index contributed by atoms with van der Waals surface area (Å²) in [5.74, 6) is 0.315. The van der Waals surface area contributed by atoms with Crippen LogP contribution in [-0.4, -0.2) is 50.0 Å². The molecule has 0 aromatic carbocycles. The van der Waals surface area contributed by atoms with E-state index < -0.39 is 0 Å². The number of ether oxygens (including phenoxy) is 1. The summed E-state index contributed by atoms with van der Waals surface area (Å²) in [6.45, 7) is 2.41. The zero-order valence-electron chi connectivity index (χ0n) is 6.58. The van der Waals surface area contributed by atoms with Crippen LogP contribution in [-0.2, 0) is 4.74 Å². The molecule has 0 aromatic heterocycles. The molecule has 0 amide bonds. The van der Waals surface area contributed by atoms with Gasteiger partial charge in [-0.3, -0.25) is 0 Å². The van der Waals surface area contributed by atoms with E-state index in [2.05, 4.69) is 4.90 Å². The number of aliphatic hydroxyl groups is 1. The Morgan fingerprint density at radius 3 is 2.70 bits per heavy atom. The lowest BCUT2D eigenvalue weighted by Gasteiger charge is -2.10. The van der Waals surface area contributed by atoms with Gasteiger partial charge in [0.05, 0.1) is 12.7 Å². The average Bonchev–Trinajstić information content (AvgIpc) is 2.13. The van der Waals surface area contributed by atoms with Crippen molar-refractivity contribution in [2.24, 2.45) is 5.92 Å². The third kappa shape index (κ3) is 1.68. The van der Waals surface area contributed by atoms with Crippen LogP contribution in [0.25, 0.3) is 0 Å². The van der Waals surface area contributed by atoms with Gasteiger partial charge in [-0.1, -0.05) is 0 Å². The molecule has 1 fully saturated rings. The molecule has 1 N–H and O–H groups in total. The van der Waals surface area contributed by atoms with Crippen LogP contribution in [0.15, 0.2) is 0 Å². The van der Waals surface area contributed by atoms with E-state index in [0.29, 0.717) is 12.5 Å². The van der Waals surface area contributed by atoms with Crippen molar-refractivity contribution in [1.29, 1.82) is 0 Å². The summed E-state index contributed by atoms with van der Waals surface area (Å²) in [5.41, 5.74) is 0. The van der Waals surface area contributed by atoms with Crippen molar-refractivity contribution in [3.63, 3.8) is 0 Å². The molecule has 1 saturated heterocycles. The maximum Gasteiger partial charge on any atom is 0.0729 e. The van der Waals surface area contributed by atoms with Crippen molar-refractivity contribution in [2.45, 2.75) is 6.10 Å². The minimum atomic E-state index is -0.190. The van der Waals surface area contributed by atoms with Crippen molar-refractivity contribution < 1.29 is 9.84 Å². The Morgan fingerprint density at radius 2 is 2.30 bits per heavy atom. The predicted octanol–water partition coefficient (Wildman–Crippen LogP) is -0.445. The van der Waals surface area contributed by atoms with Gasteiger partial charge < -0.3 is 14.7 Å². The molecule has 3 nitrogen and oxygen atoms in total. The molecule has 10 heavy (non-hydrogen) atoms. The second-order valence-electron chi connectivity index (χ2n) is 3.00. The average molecular weight is 145 g/mol. The molecule has 0 aliphatic carbocycles. The molecule has 0 spiro atoms. The summed E-state index contributed by atoms with van der Waals surface area (Å²) in [6.07, 6.45) is -0.190. The van der Waals surface area contributed by atoms with Gasteiger partial charge >= 0.3 is 0 Å². The third-order valence-corrected chi connectivity index (χ3v) is 1.97. The number of hydrogen-bond acceptors (Lipinski definition) is 3. The number of likely N-dealkylation sites (tertiary alicyclic amines) is 1. The Balaban J connectivity index is 2.31. The minimum absolute atomic E-state index is 0.190. The van der Waals surface area contributed by atoms with Gasteiger partial charge in [-0.15, -0.1) is 0 Å². The van der Waals surface area contributed by atoms with Gasteiger partial charge in [0.2, 0.25) is 0 Å². The monoisotopic (exact) mass is 145 g/mol. The van der Waals surface area contributed by atoms with Crippen molar-refractivity contribution in [3.8, 4) is 0 Å². The van der Waals surface area contributed by atoms with Crippen molar-refractivity contribution in [3.05, 3.63) is 0 Å². The van der Waals surface area contributed by atoms with Gasteiger partial charge in [-0.2, -0.15) is 0 Å². The molecule has 3 heteroatoms. The smallest absolute Gasteiger partial charge is 0.0729 e. The quantitative estimate of drug-likeness (QED) is 0.571. The normalized spacial score (nSPS) is 35.1. The molecule has 0 aromatic rings. The Bertz CT molecular complexity index is 108. The number of likely N-dealkylation sites (N-methyl/N-ethyl adjacent to an activating group) is 1. The van der Waals surface area contributed by atoms with Gasteiger partial charge in [0, 0.05) is 26.1 Å². The SMILES string of the molecule is COC[C@@H]1CN(C)C[C@@H]1O. The van der Waals surface area contributed by atoms with E-state index in [1.807, 2.05) is 7.05 Å². The van der Waals surface area contributed by atoms with E-state index in [1.54, 1.807) is 7.11 Å². The summed E-state index contributed by atoms with van der Waals surface area (Å²) in [5, 5.41) is 9.37. The Morgan fingerprint density at radius 1 is 1.60 bits per heavy atom. The van der Waals surface area contributed by atoms with Crippen LogP contribution in [0.1, 0.15) is 0 Å². The van der Waals surface area contributed by atoms with E-state index in [0.717, 1.165) is 13.1 Å². The van der Waals surface area contributed by atoms with E-state index in [9.17, 15) is 5.11 Å². The summed E-state index contributed by atoms with van der Waals surface area (Å²) < 4.78 is 4.96. The van der Waals surface area contributed by atoms with Gasteiger partial charge in [-0.25, -0.2) is 0 Å². The van der Waals surface area contributed by atoms with Gasteiger partial charge in [0.1, 0.15) is 0 Å². The lowest BCUT2D eigenvalue weighted by Crippen LogP contribution is -2.21. The Kier molecular flexibility index (Phi) is 2.65. The zero-order chi connectivity index (χ0) is 7.56. The van der Waals surface area contributed by atoms with Crippen molar-refractivity contribution in [2.75, 3.05) is 33.9 Å². The van der Waals surface area contributed by atoms with Crippen LogP contribution in [0.5, 0.6) is 0 Å². The molecule has 0 saturated carbocycles. The molecule has 0 unspecified atom stereocenters. The fraction of sp³-hybridized carbons (Fsp3) is 1.00. The van der Waals surface area contributed by atoms with Crippen molar-refractivity contribution in [1.82, 2.24) is 4.90 Å². The first kappa shape index (κ1) is 7.98. The first-order valence-electron chi connectivity index (χ1n) is 3.59. The fourth-order valence-corrected chi connectivity index (χ4v) is 1.44. The van der Waals surface area contributed by atoms with Gasteiger partial charge in [-0.05, 0) is 7.05 Å². The lowest BCUT2D eigenvalue weighted by atomic mass is 10.1. The van der Waals surface area contributed by atoms with Crippen molar-refractivity contribution >= 4 is 0 Å². The number of aliphatic hydroxyl groups excluding tert-OH is 1. The number of β-amino-alcohol motifs (C(OH)–C–C–N with tert-alkyl or cyclic N) is 1. The van der Waals surface area contributed by atoms with Crippen LogP contribution < -0.4 is 0 Å². The lowest BCUT2D eigenvalue weighted by molar-refractivity contribution is 0.0791. The number of nitrogens with zero attached hydrogens (tertiary/aromatic N) is 1. The Labute approximate surface area is 61.6 Å². The highest BCUT2D eigenvalue weighted by Crippen LogP contribution is 2.14. The van der Waals surface area contributed by atoms with Gasteiger partial charge in [0.15, 0.2) is 0 Å². The van der Waals surface area contributed by atoms with E-state index in [1.165, 1.54) is 0 Å². The highest BCUT2D eigenvalue weighted by Gasteiger charge is 2.28. The molecule has 60 valence electrons. The van der Waals surface area contributed by atoms with Crippen LogP contribution in [0.4, 0.5) is 0 Å². The maximum absolute atomic E-state index is 9.37. The van der Waals surface area contributed by atoms with E-state index >= 15 is 0 Å². The summed E-state index contributed by atoms with van der Waals surface area (Å²) >= 11 is 0. The standard InChI is InChI=1S/C7H15NO2/c1-8-3-6(5-10-2)7(9)4-8/h6-7,9H,3-5H2,1-2H3/t6-,7-/m0/s1. The molecule has 1 aliphatic rings. The van der Waals surface area contributed by atoms with Crippen LogP contribution >= 0.6 is 0 Å². The second kappa shape index (κ2) is 3.32. The fourth-order valence-electron chi connectivity index (χ4n) is 1.44. The third-order valence-electron chi connectivity index (χ3n) is 1.97. The van der Waals surface area contributed by atoms with Crippen LogP contribution in [0.3, 0.4) is 0 Å². The summed E-state index contributed by atoms with van der Waals surface area (Å²) in [6, 6.07) is 0. The van der Waals surface area contributed by atoms with Crippen LogP contribution in [0.2, 0.25) is 0 Å². The zero-order valence-corrected chi connectivity index (χ0v) is 6.58. The predicted molar refractivity (Wildman–Crippen MR) is 38.9 cm³/mol. The topological polar surface area (TPSA) is 32.7 Å². The molecular weight excluding hydrogens is 130 g/mol. The first-order chi connectivity index (χ1) is 4.74. The van der Waals surface area contributed by atoms with Gasteiger partial charge in [0.25, 0.3) is 0 Å². The molecular formula is C7H15NO2. The highest BCUT2D eigenvalue weighted by atomic mass is 16.5. The first-order valence-corrected chi connectivity index (χ1v) is 3.59. The highest BCUT2D eigenvalue weighted by molar-refractivity contribution is 4.81. The molecule has 1 heterocycles. The Hall–Kier alpha value is -0.120. The summed E-state index contributed by atoms with van der Waals surface area (Å²) in [7, 11) is 3.68. The number of hydrogen-bond donors (Lipinski definition) is 1. The molecule has 0 bridgehead atoms. The minimum Gasteiger partial charge on any atom is -0.391 e. The molecule has 0 radical (unpaired) electrons. The van der Waals surface area contributed by atoms with E-state index in [4.69, 9.17) is 4.74 Å². The largest absolute Gasteiger partial charge is 0.391 e. The molecule has 1 aliphatic heterocycles. The van der Waals surface area contributed by atoms with E-state index in [-0.39, 0.29) is 6.10 Å². The van der Waals surface area contributed by atoms with Crippen LogP contribution in [0, 0.1) is 5.92 Å². The summed E-state index contributed by atoms with van der Waals surface area (Å²) in [4.78, 5) is 2.12. The molecule has 2 atom stereocenters. The number of methoxy groups -OCH3 is 1.